The van der Waals surface area contributed by atoms with Gasteiger partial charge in [-0.25, -0.2) is 12.8 Å². The van der Waals surface area contributed by atoms with Gasteiger partial charge in [-0.05, 0) is 35.0 Å². The SMILES string of the molecule is CCOc1cc(Br)c(F)cc1CS(C)(=O)=O. The number of halogens is 2. The third-order valence-electron chi connectivity index (χ3n) is 1.82. The maximum absolute atomic E-state index is 13.3. The maximum atomic E-state index is 13.3. The third-order valence-corrected chi connectivity index (χ3v) is 3.26. The Kier molecular flexibility index (Phi) is 4.32. The molecule has 6 heteroatoms. The molecule has 1 aromatic rings. The van der Waals surface area contributed by atoms with Crippen LogP contribution in [0, 0.1) is 5.82 Å². The first-order valence-corrected chi connectivity index (χ1v) is 7.47. The van der Waals surface area contributed by atoms with Crippen molar-refractivity contribution in [3.63, 3.8) is 0 Å². The highest BCUT2D eigenvalue weighted by Crippen LogP contribution is 2.28. The van der Waals surface area contributed by atoms with Crippen LogP contribution in [0.2, 0.25) is 0 Å². The summed E-state index contributed by atoms with van der Waals surface area (Å²) in [5, 5.41) is 0. The van der Waals surface area contributed by atoms with Crippen molar-refractivity contribution in [2.24, 2.45) is 0 Å². The van der Waals surface area contributed by atoms with E-state index in [1.165, 1.54) is 12.1 Å². The van der Waals surface area contributed by atoms with Crippen LogP contribution < -0.4 is 4.74 Å². The second kappa shape index (κ2) is 5.14. The summed E-state index contributed by atoms with van der Waals surface area (Å²) in [5.41, 5.74) is 0.338. The molecule has 0 atom stereocenters. The van der Waals surface area contributed by atoms with Gasteiger partial charge in [0.1, 0.15) is 11.6 Å². The van der Waals surface area contributed by atoms with Gasteiger partial charge >= 0.3 is 0 Å². The predicted octanol–water partition coefficient (Wildman–Crippen LogP) is 2.53. The van der Waals surface area contributed by atoms with Gasteiger partial charge in [-0.1, -0.05) is 0 Å². The summed E-state index contributed by atoms with van der Waals surface area (Å²) in [5.74, 6) is -0.338. The smallest absolute Gasteiger partial charge is 0.151 e. The highest BCUT2D eigenvalue weighted by molar-refractivity contribution is 9.10. The molecule has 1 rings (SSSR count). The van der Waals surface area contributed by atoms with Gasteiger partial charge in [0.05, 0.1) is 16.8 Å². The minimum Gasteiger partial charge on any atom is -0.494 e. The molecule has 0 N–H and O–H groups in total. The molecule has 0 saturated heterocycles. The Bertz CT molecular complexity index is 485. The second-order valence-corrected chi connectivity index (χ2v) is 6.37. The molecule has 1 aromatic carbocycles. The molecule has 3 nitrogen and oxygen atoms in total. The van der Waals surface area contributed by atoms with Crippen LogP contribution in [0.25, 0.3) is 0 Å². The molecule has 0 aliphatic heterocycles. The molecule has 90 valence electrons. The van der Waals surface area contributed by atoms with Crippen molar-refractivity contribution in [2.45, 2.75) is 12.7 Å². The van der Waals surface area contributed by atoms with Crippen LogP contribution in [0.4, 0.5) is 4.39 Å². The van der Waals surface area contributed by atoms with Gasteiger partial charge in [0.15, 0.2) is 9.84 Å². The van der Waals surface area contributed by atoms with Crippen molar-refractivity contribution in [1.82, 2.24) is 0 Å². The largest absolute Gasteiger partial charge is 0.494 e. The molecule has 0 fully saturated rings. The Hall–Kier alpha value is -0.620. The zero-order chi connectivity index (χ0) is 12.3. The van der Waals surface area contributed by atoms with Crippen LogP contribution in [0.1, 0.15) is 12.5 Å². The van der Waals surface area contributed by atoms with Crippen LogP contribution in [-0.2, 0) is 15.6 Å². The summed E-state index contributed by atoms with van der Waals surface area (Å²) >= 11 is 3.03. The van der Waals surface area contributed by atoms with E-state index in [0.717, 1.165) is 6.26 Å². The minimum atomic E-state index is -3.21. The van der Waals surface area contributed by atoms with E-state index in [1.807, 2.05) is 0 Å². The van der Waals surface area contributed by atoms with E-state index in [4.69, 9.17) is 4.74 Å². The molecule has 0 radical (unpaired) electrons. The Morgan fingerprint density at radius 3 is 2.56 bits per heavy atom. The summed E-state index contributed by atoms with van der Waals surface area (Å²) in [6.07, 6.45) is 1.10. The Morgan fingerprint density at radius 2 is 2.06 bits per heavy atom. The highest BCUT2D eigenvalue weighted by Gasteiger charge is 2.13. The molecular formula is C10H12BrFO3S. The number of benzene rings is 1. The normalized spacial score (nSPS) is 11.5. The van der Waals surface area contributed by atoms with E-state index >= 15 is 0 Å². The van der Waals surface area contributed by atoms with Crippen LogP contribution in [0.5, 0.6) is 5.75 Å². The molecular weight excluding hydrogens is 299 g/mol. The first-order valence-electron chi connectivity index (χ1n) is 4.62. The number of rotatable bonds is 4. The van der Waals surface area contributed by atoms with Crippen molar-refractivity contribution in [2.75, 3.05) is 12.9 Å². The lowest BCUT2D eigenvalue weighted by molar-refractivity contribution is 0.336. The van der Waals surface area contributed by atoms with E-state index in [0.29, 0.717) is 17.9 Å². The standard InChI is InChI=1S/C10H12BrFO3S/c1-3-15-10-5-8(11)9(12)4-7(10)6-16(2,13)14/h4-5H,3,6H2,1-2H3. The Labute approximate surface area is 103 Å². The summed E-state index contributed by atoms with van der Waals surface area (Å²) in [4.78, 5) is 0. The van der Waals surface area contributed by atoms with E-state index in [-0.39, 0.29) is 10.2 Å². The lowest BCUT2D eigenvalue weighted by atomic mass is 10.2. The molecule has 0 aliphatic rings. The lowest BCUT2D eigenvalue weighted by Gasteiger charge is -2.10. The topological polar surface area (TPSA) is 43.4 Å². The maximum Gasteiger partial charge on any atom is 0.151 e. The first kappa shape index (κ1) is 13.4. The van der Waals surface area contributed by atoms with E-state index in [2.05, 4.69) is 15.9 Å². The van der Waals surface area contributed by atoms with Gasteiger partial charge in [-0.2, -0.15) is 0 Å². The van der Waals surface area contributed by atoms with Gasteiger partial charge in [0.25, 0.3) is 0 Å². The van der Waals surface area contributed by atoms with Crippen LogP contribution in [0.3, 0.4) is 0 Å². The third kappa shape index (κ3) is 3.75. The van der Waals surface area contributed by atoms with E-state index < -0.39 is 15.7 Å². The molecule has 0 saturated carbocycles. The fourth-order valence-corrected chi connectivity index (χ4v) is 2.37. The molecule has 0 aliphatic carbocycles. The quantitative estimate of drug-likeness (QED) is 0.858. The minimum absolute atomic E-state index is 0.230. The molecule has 0 aromatic heterocycles. The molecule has 0 amide bonds. The number of hydrogen-bond acceptors (Lipinski definition) is 3. The van der Waals surface area contributed by atoms with Crippen molar-refractivity contribution in [3.8, 4) is 5.75 Å². The van der Waals surface area contributed by atoms with Crippen molar-refractivity contribution in [1.29, 1.82) is 0 Å². The van der Waals surface area contributed by atoms with E-state index in [9.17, 15) is 12.8 Å². The number of hydrogen-bond donors (Lipinski definition) is 0. The van der Waals surface area contributed by atoms with Crippen molar-refractivity contribution in [3.05, 3.63) is 28.0 Å². The Balaban J connectivity index is 3.19. The zero-order valence-electron chi connectivity index (χ0n) is 8.96. The van der Waals surface area contributed by atoms with Gasteiger partial charge in [-0.15, -0.1) is 0 Å². The zero-order valence-corrected chi connectivity index (χ0v) is 11.4. The van der Waals surface area contributed by atoms with Crippen LogP contribution in [-0.4, -0.2) is 21.3 Å². The first-order chi connectivity index (χ1) is 7.33. The van der Waals surface area contributed by atoms with Gasteiger partial charge in [0.2, 0.25) is 0 Å². The highest BCUT2D eigenvalue weighted by atomic mass is 79.9. The van der Waals surface area contributed by atoms with Crippen molar-refractivity contribution < 1.29 is 17.5 Å². The number of sulfone groups is 1. The molecule has 0 unspecified atom stereocenters. The molecule has 16 heavy (non-hydrogen) atoms. The summed E-state index contributed by atoms with van der Waals surface area (Å²) in [6.45, 7) is 2.18. The van der Waals surface area contributed by atoms with Crippen molar-refractivity contribution >= 4 is 25.8 Å². The number of ether oxygens (including phenoxy) is 1. The van der Waals surface area contributed by atoms with Gasteiger partial charge in [0, 0.05) is 11.8 Å². The summed E-state index contributed by atoms with van der Waals surface area (Å²) < 4.78 is 41.1. The predicted molar refractivity (Wildman–Crippen MR) is 63.8 cm³/mol. The average Bonchev–Trinajstić information content (AvgIpc) is 2.11. The second-order valence-electron chi connectivity index (χ2n) is 3.38. The van der Waals surface area contributed by atoms with E-state index in [1.54, 1.807) is 6.92 Å². The van der Waals surface area contributed by atoms with Crippen LogP contribution in [0.15, 0.2) is 16.6 Å². The van der Waals surface area contributed by atoms with Gasteiger partial charge < -0.3 is 4.74 Å². The molecule has 0 spiro atoms. The summed E-state index contributed by atoms with van der Waals surface area (Å²) in [7, 11) is -3.21. The monoisotopic (exact) mass is 310 g/mol. The molecule has 0 heterocycles. The summed E-state index contributed by atoms with van der Waals surface area (Å²) in [6, 6.07) is 2.62. The van der Waals surface area contributed by atoms with Crippen LogP contribution >= 0.6 is 15.9 Å². The Morgan fingerprint density at radius 1 is 1.44 bits per heavy atom. The average molecular weight is 311 g/mol. The fraction of sp³-hybridized carbons (Fsp3) is 0.400. The lowest BCUT2D eigenvalue weighted by Crippen LogP contribution is -2.05. The fourth-order valence-electron chi connectivity index (χ4n) is 1.25. The van der Waals surface area contributed by atoms with Gasteiger partial charge in [-0.3, -0.25) is 0 Å². The molecule has 0 bridgehead atoms.